The van der Waals surface area contributed by atoms with Crippen molar-refractivity contribution in [1.82, 2.24) is 4.90 Å². The van der Waals surface area contributed by atoms with E-state index in [4.69, 9.17) is 11.6 Å². The summed E-state index contributed by atoms with van der Waals surface area (Å²) < 4.78 is 0. The summed E-state index contributed by atoms with van der Waals surface area (Å²) in [5.41, 5.74) is 2.58. The van der Waals surface area contributed by atoms with E-state index in [2.05, 4.69) is 4.99 Å². The number of aliphatic imine (C=N–C) groups is 1. The number of carboxylic acids is 1. The van der Waals surface area contributed by atoms with Gasteiger partial charge in [0.1, 0.15) is 11.8 Å². The summed E-state index contributed by atoms with van der Waals surface area (Å²) in [6, 6.07) is 15.3. The Balaban J connectivity index is 2.26. The molecule has 0 radical (unpaired) electrons. The second-order valence-electron chi connectivity index (χ2n) is 6.58. The van der Waals surface area contributed by atoms with Crippen LogP contribution in [0.25, 0.3) is 0 Å². The number of carbonyl (C=O) groups is 1. The molecule has 130 valence electrons. The van der Waals surface area contributed by atoms with Crippen LogP contribution < -0.4 is 0 Å². The fourth-order valence-electron chi connectivity index (χ4n) is 3.25. The SMILES string of the molecule is CC(C)N(C)C1=Nc2ccc(Cl)cc2C(c2ccccc2)C1C(=O)O. The average molecular weight is 357 g/mol. The predicted octanol–water partition coefficient (Wildman–Crippen LogP) is 4.56. The Labute approximate surface area is 152 Å². The van der Waals surface area contributed by atoms with E-state index in [1.54, 1.807) is 6.07 Å². The van der Waals surface area contributed by atoms with Crippen LogP contribution in [0.15, 0.2) is 53.5 Å². The molecule has 1 heterocycles. The summed E-state index contributed by atoms with van der Waals surface area (Å²) in [6.07, 6.45) is 0. The number of halogens is 1. The molecule has 0 spiro atoms. The summed E-state index contributed by atoms with van der Waals surface area (Å²) in [4.78, 5) is 18.9. The number of fused-ring (bicyclic) bond motifs is 1. The van der Waals surface area contributed by atoms with E-state index < -0.39 is 11.9 Å². The molecule has 0 bridgehead atoms. The van der Waals surface area contributed by atoms with Crippen LogP contribution in [0.4, 0.5) is 5.69 Å². The molecule has 4 nitrogen and oxygen atoms in total. The molecular formula is C20H21ClN2O2. The van der Waals surface area contributed by atoms with Crippen molar-refractivity contribution in [2.45, 2.75) is 25.8 Å². The van der Waals surface area contributed by atoms with E-state index >= 15 is 0 Å². The van der Waals surface area contributed by atoms with Crippen molar-refractivity contribution in [2.24, 2.45) is 10.9 Å². The Morgan fingerprint density at radius 3 is 2.48 bits per heavy atom. The fourth-order valence-corrected chi connectivity index (χ4v) is 3.43. The molecule has 0 aromatic heterocycles. The zero-order valence-electron chi connectivity index (χ0n) is 14.5. The van der Waals surface area contributed by atoms with Crippen molar-refractivity contribution >= 4 is 29.1 Å². The second kappa shape index (κ2) is 6.89. The first-order chi connectivity index (χ1) is 11.9. The molecule has 5 heteroatoms. The van der Waals surface area contributed by atoms with Crippen molar-refractivity contribution in [3.05, 3.63) is 64.7 Å². The maximum Gasteiger partial charge on any atom is 0.315 e. The molecule has 2 atom stereocenters. The van der Waals surface area contributed by atoms with Crippen LogP contribution >= 0.6 is 11.6 Å². The van der Waals surface area contributed by atoms with Gasteiger partial charge in [-0.25, -0.2) is 4.99 Å². The van der Waals surface area contributed by atoms with Gasteiger partial charge < -0.3 is 10.0 Å². The third kappa shape index (κ3) is 3.27. The molecule has 1 aliphatic rings. The molecule has 2 aromatic carbocycles. The summed E-state index contributed by atoms with van der Waals surface area (Å²) in [6.45, 7) is 4.05. The highest BCUT2D eigenvalue weighted by Crippen LogP contribution is 2.44. The minimum absolute atomic E-state index is 0.144. The van der Waals surface area contributed by atoms with Gasteiger partial charge in [-0.05, 0) is 43.2 Å². The van der Waals surface area contributed by atoms with Gasteiger partial charge in [-0.2, -0.15) is 0 Å². The molecule has 0 fully saturated rings. The first kappa shape index (κ1) is 17.5. The summed E-state index contributed by atoms with van der Waals surface area (Å²) in [5.74, 6) is -1.40. The van der Waals surface area contributed by atoms with E-state index in [0.717, 1.165) is 16.8 Å². The molecule has 3 rings (SSSR count). The van der Waals surface area contributed by atoms with Crippen molar-refractivity contribution in [3.8, 4) is 0 Å². The van der Waals surface area contributed by atoms with Crippen molar-refractivity contribution in [3.63, 3.8) is 0 Å². The average Bonchev–Trinajstić information content (AvgIpc) is 2.60. The number of carboxylic acid groups (broad SMARTS) is 1. The van der Waals surface area contributed by atoms with E-state index in [-0.39, 0.29) is 12.0 Å². The molecule has 0 saturated heterocycles. The van der Waals surface area contributed by atoms with Gasteiger partial charge in [0, 0.05) is 24.0 Å². The van der Waals surface area contributed by atoms with Crippen molar-refractivity contribution < 1.29 is 9.90 Å². The molecule has 0 amide bonds. The highest BCUT2D eigenvalue weighted by Gasteiger charge is 2.41. The third-order valence-corrected chi connectivity index (χ3v) is 4.97. The van der Waals surface area contributed by atoms with E-state index in [1.165, 1.54) is 0 Å². The highest BCUT2D eigenvalue weighted by atomic mass is 35.5. The standard InChI is InChI=1S/C20H21ClN2O2/c1-12(2)23(3)19-18(20(24)25)17(13-7-5-4-6-8-13)15-11-14(21)9-10-16(15)22-19/h4-12,17-18H,1-3H3,(H,24,25). The van der Waals surface area contributed by atoms with Crippen LogP contribution in [0.5, 0.6) is 0 Å². The van der Waals surface area contributed by atoms with Gasteiger partial charge in [0.25, 0.3) is 0 Å². The molecule has 2 aromatic rings. The first-order valence-electron chi connectivity index (χ1n) is 8.28. The number of hydrogen-bond donors (Lipinski definition) is 1. The van der Waals surface area contributed by atoms with Crippen LogP contribution in [0.3, 0.4) is 0 Å². The Morgan fingerprint density at radius 1 is 1.20 bits per heavy atom. The Bertz CT molecular complexity index is 818. The Hall–Kier alpha value is -2.33. The minimum atomic E-state index is -0.884. The van der Waals surface area contributed by atoms with Gasteiger partial charge >= 0.3 is 5.97 Å². The van der Waals surface area contributed by atoms with Gasteiger partial charge in [0.05, 0.1) is 5.69 Å². The summed E-state index contributed by atoms with van der Waals surface area (Å²) in [7, 11) is 1.89. The predicted molar refractivity (Wildman–Crippen MR) is 101 cm³/mol. The van der Waals surface area contributed by atoms with Gasteiger partial charge in [-0.3, -0.25) is 4.79 Å². The molecule has 25 heavy (non-hydrogen) atoms. The third-order valence-electron chi connectivity index (χ3n) is 4.73. The van der Waals surface area contributed by atoms with Gasteiger partial charge in [0.2, 0.25) is 0 Å². The minimum Gasteiger partial charge on any atom is -0.481 e. The number of rotatable bonds is 3. The molecule has 0 aliphatic carbocycles. The maximum absolute atomic E-state index is 12.2. The van der Waals surface area contributed by atoms with Crippen LogP contribution in [0.2, 0.25) is 5.02 Å². The largest absolute Gasteiger partial charge is 0.481 e. The van der Waals surface area contributed by atoms with Gasteiger partial charge in [0.15, 0.2) is 0 Å². The van der Waals surface area contributed by atoms with Crippen LogP contribution in [0, 0.1) is 5.92 Å². The summed E-state index contributed by atoms with van der Waals surface area (Å²) in [5, 5.41) is 10.6. The number of nitrogens with zero attached hydrogens (tertiary/aromatic N) is 2. The van der Waals surface area contributed by atoms with Gasteiger partial charge in [-0.1, -0.05) is 41.9 Å². The fraction of sp³-hybridized carbons (Fsp3) is 0.300. The number of benzene rings is 2. The van der Waals surface area contributed by atoms with E-state index in [9.17, 15) is 9.90 Å². The lowest BCUT2D eigenvalue weighted by atomic mass is 9.77. The molecule has 2 unspecified atom stereocenters. The highest BCUT2D eigenvalue weighted by molar-refractivity contribution is 6.30. The number of aliphatic carboxylic acids is 1. The van der Waals surface area contributed by atoms with Crippen molar-refractivity contribution in [1.29, 1.82) is 0 Å². The Kier molecular flexibility index (Phi) is 4.82. The van der Waals surface area contributed by atoms with Crippen molar-refractivity contribution in [2.75, 3.05) is 7.05 Å². The molecule has 1 aliphatic heterocycles. The number of hydrogen-bond acceptors (Lipinski definition) is 3. The lowest BCUT2D eigenvalue weighted by Gasteiger charge is -2.37. The Morgan fingerprint density at radius 2 is 1.88 bits per heavy atom. The van der Waals surface area contributed by atoms with Crippen LogP contribution in [0.1, 0.15) is 30.9 Å². The lowest BCUT2D eigenvalue weighted by Crippen LogP contribution is -2.44. The zero-order chi connectivity index (χ0) is 18.1. The molecule has 0 saturated carbocycles. The van der Waals surface area contributed by atoms with E-state index in [1.807, 2.05) is 68.3 Å². The number of amidine groups is 1. The second-order valence-corrected chi connectivity index (χ2v) is 7.02. The smallest absolute Gasteiger partial charge is 0.315 e. The van der Waals surface area contributed by atoms with Crippen LogP contribution in [-0.2, 0) is 4.79 Å². The maximum atomic E-state index is 12.2. The topological polar surface area (TPSA) is 52.9 Å². The molecular weight excluding hydrogens is 336 g/mol. The lowest BCUT2D eigenvalue weighted by molar-refractivity contribution is -0.140. The normalized spacial score (nSPS) is 19.3. The monoisotopic (exact) mass is 356 g/mol. The first-order valence-corrected chi connectivity index (χ1v) is 8.66. The molecule has 1 N–H and O–H groups in total. The van der Waals surface area contributed by atoms with Crippen LogP contribution in [-0.4, -0.2) is 34.9 Å². The quantitative estimate of drug-likeness (QED) is 0.877. The van der Waals surface area contributed by atoms with E-state index in [0.29, 0.717) is 10.9 Å². The zero-order valence-corrected chi connectivity index (χ0v) is 15.2. The van der Waals surface area contributed by atoms with Gasteiger partial charge in [-0.15, -0.1) is 0 Å². The summed E-state index contributed by atoms with van der Waals surface area (Å²) >= 11 is 6.20.